The molecule has 35 heavy (non-hydrogen) atoms. The van der Waals surface area contributed by atoms with E-state index < -0.39 is 0 Å². The molecule has 0 aromatic carbocycles. The fourth-order valence-electron chi connectivity index (χ4n) is 9.36. The highest BCUT2D eigenvalue weighted by Gasteiger charge is 2.61. The van der Waals surface area contributed by atoms with E-state index in [1.54, 1.807) is 0 Å². The third-order valence-corrected chi connectivity index (χ3v) is 10.9. The molecule has 4 aliphatic carbocycles. The molecule has 0 spiro atoms. The third-order valence-electron chi connectivity index (χ3n) is 10.9. The molecule has 0 aliphatic heterocycles. The molecule has 3 saturated carbocycles. The van der Waals surface area contributed by atoms with Crippen molar-refractivity contribution in [3.05, 3.63) is 11.6 Å². The van der Waals surface area contributed by atoms with Gasteiger partial charge in [0.05, 0.1) is 0 Å². The van der Waals surface area contributed by atoms with Crippen LogP contribution in [0, 0.1) is 46.3 Å². The molecule has 4 heteroatoms. The van der Waals surface area contributed by atoms with Gasteiger partial charge in [-0.15, -0.1) is 0 Å². The molecular weight excluding hydrogens is 436 g/mol. The zero-order chi connectivity index (χ0) is 25.5. The van der Waals surface area contributed by atoms with Gasteiger partial charge in [-0.05, 0) is 103 Å². The maximum Gasteiger partial charge on any atom is 0.303 e. The molecule has 198 valence electrons. The highest BCUT2D eigenvalue weighted by molar-refractivity contribution is 5.67. The van der Waals surface area contributed by atoms with E-state index in [1.807, 2.05) is 0 Å². The normalized spacial score (nSPS) is 41.3. The lowest BCUT2D eigenvalue weighted by atomic mass is 9.46. The summed E-state index contributed by atoms with van der Waals surface area (Å²) in [5.74, 6) is 3.93. The number of carbonyl (C=O) groups excluding carboxylic acids is 2. The topological polar surface area (TPSA) is 52.6 Å². The van der Waals surface area contributed by atoms with Crippen molar-refractivity contribution in [3.8, 4) is 0 Å². The van der Waals surface area contributed by atoms with Crippen molar-refractivity contribution in [3.63, 3.8) is 0 Å². The summed E-state index contributed by atoms with van der Waals surface area (Å²) >= 11 is 0. The van der Waals surface area contributed by atoms with E-state index in [-0.39, 0.29) is 29.6 Å². The Balaban J connectivity index is 1.58. The lowest BCUT2D eigenvalue weighted by Crippen LogP contribution is -2.55. The average molecular weight is 487 g/mol. The van der Waals surface area contributed by atoms with Gasteiger partial charge < -0.3 is 9.47 Å². The molecule has 3 fully saturated rings. The van der Waals surface area contributed by atoms with E-state index in [2.05, 4.69) is 40.7 Å². The molecule has 4 rings (SSSR count). The number of hydrogen-bond donors (Lipinski definition) is 0. The molecular formula is C31H50O4. The molecule has 0 amide bonds. The van der Waals surface area contributed by atoms with Crippen LogP contribution in [0.25, 0.3) is 0 Å². The van der Waals surface area contributed by atoms with Crippen LogP contribution in [0.5, 0.6) is 0 Å². The molecule has 0 radical (unpaired) electrons. The zero-order valence-corrected chi connectivity index (χ0v) is 23.4. The summed E-state index contributed by atoms with van der Waals surface area (Å²) in [6, 6.07) is 0. The van der Waals surface area contributed by atoms with Gasteiger partial charge in [0.25, 0.3) is 0 Å². The highest BCUT2D eigenvalue weighted by atomic mass is 16.5. The second kappa shape index (κ2) is 10.2. The Labute approximate surface area is 214 Å². The number of fused-ring (bicyclic) bond motifs is 5. The number of carbonyl (C=O) groups is 2. The molecule has 0 heterocycles. The number of esters is 2. The largest absolute Gasteiger partial charge is 0.458 e. The van der Waals surface area contributed by atoms with Gasteiger partial charge in [-0.1, -0.05) is 53.9 Å². The van der Waals surface area contributed by atoms with Crippen molar-refractivity contribution < 1.29 is 19.1 Å². The number of hydrogen-bond acceptors (Lipinski definition) is 4. The maximum absolute atomic E-state index is 12.2. The van der Waals surface area contributed by atoms with Gasteiger partial charge in [0, 0.05) is 13.8 Å². The van der Waals surface area contributed by atoms with E-state index >= 15 is 0 Å². The quantitative estimate of drug-likeness (QED) is 0.276. The van der Waals surface area contributed by atoms with Gasteiger partial charge in [-0.3, -0.25) is 9.59 Å². The van der Waals surface area contributed by atoms with E-state index in [1.165, 1.54) is 64.4 Å². The summed E-state index contributed by atoms with van der Waals surface area (Å²) < 4.78 is 11.6. The minimum absolute atomic E-state index is 0.0297. The first-order valence-corrected chi connectivity index (χ1v) is 14.5. The Hall–Kier alpha value is -1.32. The molecule has 0 unspecified atom stereocenters. The van der Waals surface area contributed by atoms with Crippen molar-refractivity contribution in [1.82, 2.24) is 0 Å². The van der Waals surface area contributed by atoms with E-state index in [9.17, 15) is 9.59 Å². The van der Waals surface area contributed by atoms with Crippen molar-refractivity contribution in [2.75, 3.05) is 0 Å². The first-order valence-electron chi connectivity index (χ1n) is 14.5. The van der Waals surface area contributed by atoms with Gasteiger partial charge >= 0.3 is 11.9 Å². The summed E-state index contributed by atoms with van der Waals surface area (Å²) in [5, 5.41) is 0. The molecule has 4 aliphatic rings. The van der Waals surface area contributed by atoms with Crippen LogP contribution in [0.1, 0.15) is 113 Å². The van der Waals surface area contributed by atoms with Crippen LogP contribution >= 0.6 is 0 Å². The lowest BCUT2D eigenvalue weighted by molar-refractivity contribution is -0.155. The monoisotopic (exact) mass is 486 g/mol. The molecule has 0 aromatic heterocycles. The fourth-order valence-corrected chi connectivity index (χ4v) is 9.36. The molecule has 9 atom stereocenters. The smallest absolute Gasteiger partial charge is 0.303 e. The predicted octanol–water partition coefficient (Wildman–Crippen LogP) is 7.50. The zero-order valence-electron chi connectivity index (χ0n) is 23.4. The summed E-state index contributed by atoms with van der Waals surface area (Å²) in [6.45, 7) is 15.2. The Bertz CT molecular complexity index is 830. The average Bonchev–Trinajstić information content (AvgIpc) is 3.11. The molecule has 0 saturated heterocycles. The first kappa shape index (κ1) is 26.7. The van der Waals surface area contributed by atoms with E-state index in [0.29, 0.717) is 17.3 Å². The molecule has 0 N–H and O–H groups in total. The Morgan fingerprint density at radius 3 is 2.31 bits per heavy atom. The van der Waals surface area contributed by atoms with Gasteiger partial charge in [-0.2, -0.15) is 0 Å². The van der Waals surface area contributed by atoms with Crippen molar-refractivity contribution in [1.29, 1.82) is 0 Å². The van der Waals surface area contributed by atoms with E-state index in [0.717, 1.165) is 42.9 Å². The van der Waals surface area contributed by atoms with Crippen LogP contribution in [0.15, 0.2) is 11.6 Å². The Morgan fingerprint density at radius 1 is 0.943 bits per heavy atom. The van der Waals surface area contributed by atoms with Crippen molar-refractivity contribution >= 4 is 11.9 Å². The Kier molecular flexibility index (Phi) is 7.80. The first-order chi connectivity index (χ1) is 16.5. The molecule has 0 aromatic rings. The minimum atomic E-state index is -0.235. The van der Waals surface area contributed by atoms with Gasteiger partial charge in [0.15, 0.2) is 0 Å². The number of rotatable bonds is 7. The van der Waals surface area contributed by atoms with Crippen LogP contribution in [0.4, 0.5) is 0 Å². The van der Waals surface area contributed by atoms with Gasteiger partial charge in [0.2, 0.25) is 0 Å². The summed E-state index contributed by atoms with van der Waals surface area (Å²) in [6.07, 6.45) is 13.9. The van der Waals surface area contributed by atoms with Crippen molar-refractivity contribution in [2.45, 2.75) is 125 Å². The Morgan fingerprint density at radius 2 is 1.66 bits per heavy atom. The van der Waals surface area contributed by atoms with Crippen LogP contribution in [-0.2, 0) is 19.1 Å². The van der Waals surface area contributed by atoms with Crippen LogP contribution in [0.3, 0.4) is 0 Å². The van der Waals surface area contributed by atoms with Crippen LogP contribution in [-0.4, -0.2) is 24.1 Å². The minimum Gasteiger partial charge on any atom is -0.458 e. The second-order valence-corrected chi connectivity index (χ2v) is 13.5. The fraction of sp³-hybridized carbons (Fsp3) is 0.871. The van der Waals surface area contributed by atoms with Gasteiger partial charge in [-0.25, -0.2) is 0 Å². The molecule has 4 nitrogen and oxygen atoms in total. The molecule has 0 bridgehead atoms. The second-order valence-electron chi connectivity index (χ2n) is 13.5. The highest BCUT2D eigenvalue weighted by Crippen LogP contribution is 2.68. The number of ether oxygens (including phenoxy) is 2. The SMILES string of the molecule is CC(=O)O[C@@H]1C=C2[C@@H](OC(C)=O)C[C@@H]3[C@H]4CC[C@@H]([C@@H](C)CCCC(C)C)[C@@]4(C)CC[C@H]3[C@@]2(C)CC1. The third kappa shape index (κ3) is 5.10. The summed E-state index contributed by atoms with van der Waals surface area (Å²) in [7, 11) is 0. The predicted molar refractivity (Wildman–Crippen MR) is 140 cm³/mol. The van der Waals surface area contributed by atoms with E-state index in [4.69, 9.17) is 9.47 Å². The summed E-state index contributed by atoms with van der Waals surface area (Å²) in [4.78, 5) is 23.8. The van der Waals surface area contributed by atoms with Crippen LogP contribution < -0.4 is 0 Å². The maximum atomic E-state index is 12.2. The summed E-state index contributed by atoms with van der Waals surface area (Å²) in [5.41, 5.74) is 1.67. The van der Waals surface area contributed by atoms with Gasteiger partial charge in [0.1, 0.15) is 12.2 Å². The van der Waals surface area contributed by atoms with Crippen LogP contribution in [0.2, 0.25) is 0 Å². The lowest BCUT2D eigenvalue weighted by Gasteiger charge is -2.60. The standard InChI is InChI=1S/C31H50O4/c1-19(2)9-8-10-20(3)25-11-12-26-24-18-29(35-22(5)33)28-17-23(34-21(4)32)13-15-31(28,7)27(24)14-16-30(25,26)6/h17,19-20,23-27,29H,8-16,18H2,1-7H3/t20-,23-,24+,25-,26+,27+,29-,30+,31+/m0/s1. The van der Waals surface area contributed by atoms with Crippen molar-refractivity contribution in [2.24, 2.45) is 46.3 Å².